The zero-order valence-corrected chi connectivity index (χ0v) is 18.6. The Labute approximate surface area is 194 Å². The SMILES string of the molecule is OC(COc1cccc2ncccc12)CN1CCN(C(c2ccccc2)c2ccco2)CC1. The van der Waals surface area contributed by atoms with E-state index in [-0.39, 0.29) is 12.6 Å². The van der Waals surface area contributed by atoms with Crippen LogP contribution in [-0.4, -0.2) is 65.3 Å². The van der Waals surface area contributed by atoms with Gasteiger partial charge in [-0.15, -0.1) is 0 Å². The lowest BCUT2D eigenvalue weighted by Crippen LogP contribution is -2.50. The predicted molar refractivity (Wildman–Crippen MR) is 128 cm³/mol. The number of ether oxygens (including phenoxy) is 1. The van der Waals surface area contributed by atoms with Crippen LogP contribution in [0.25, 0.3) is 10.9 Å². The van der Waals surface area contributed by atoms with Crippen molar-refractivity contribution >= 4 is 10.9 Å². The lowest BCUT2D eigenvalue weighted by Gasteiger charge is -2.39. The van der Waals surface area contributed by atoms with Gasteiger partial charge in [0.25, 0.3) is 0 Å². The van der Waals surface area contributed by atoms with E-state index in [2.05, 4.69) is 39.0 Å². The number of benzene rings is 2. The Morgan fingerprint density at radius 2 is 1.76 bits per heavy atom. The minimum absolute atomic E-state index is 0.108. The van der Waals surface area contributed by atoms with Crippen LogP contribution >= 0.6 is 0 Å². The molecule has 1 aliphatic heterocycles. The number of aliphatic hydroxyl groups excluding tert-OH is 1. The number of aliphatic hydroxyl groups is 1. The molecule has 5 rings (SSSR count). The van der Waals surface area contributed by atoms with E-state index in [0.29, 0.717) is 6.54 Å². The van der Waals surface area contributed by atoms with Crippen molar-refractivity contribution in [1.29, 1.82) is 0 Å². The third-order valence-electron chi connectivity index (χ3n) is 6.21. The number of hydrogen-bond acceptors (Lipinski definition) is 6. The van der Waals surface area contributed by atoms with E-state index < -0.39 is 6.10 Å². The van der Waals surface area contributed by atoms with Gasteiger partial charge in [-0.25, -0.2) is 0 Å². The highest BCUT2D eigenvalue weighted by Gasteiger charge is 2.28. The first-order chi connectivity index (χ1) is 16.3. The average Bonchev–Trinajstić information content (AvgIpc) is 3.39. The highest BCUT2D eigenvalue weighted by atomic mass is 16.5. The van der Waals surface area contributed by atoms with Crippen molar-refractivity contribution in [1.82, 2.24) is 14.8 Å². The molecule has 0 aliphatic carbocycles. The van der Waals surface area contributed by atoms with E-state index in [1.54, 1.807) is 12.5 Å². The van der Waals surface area contributed by atoms with Crippen LogP contribution in [0, 0.1) is 0 Å². The number of piperazine rings is 1. The van der Waals surface area contributed by atoms with E-state index in [1.807, 2.05) is 48.5 Å². The van der Waals surface area contributed by atoms with Crippen LogP contribution in [0.1, 0.15) is 17.4 Å². The molecule has 2 atom stereocenters. The number of rotatable bonds is 8. The number of furan rings is 1. The molecule has 2 unspecified atom stereocenters. The lowest BCUT2D eigenvalue weighted by molar-refractivity contribution is 0.0384. The Bertz CT molecular complexity index is 1140. The third kappa shape index (κ3) is 5.09. The highest BCUT2D eigenvalue weighted by molar-refractivity contribution is 5.84. The summed E-state index contributed by atoms with van der Waals surface area (Å²) in [5, 5.41) is 11.6. The van der Waals surface area contributed by atoms with E-state index in [4.69, 9.17) is 9.15 Å². The maximum Gasteiger partial charge on any atom is 0.128 e. The molecule has 6 heteroatoms. The number of aromatic nitrogens is 1. The van der Waals surface area contributed by atoms with Gasteiger partial charge in [0.2, 0.25) is 0 Å². The predicted octanol–water partition coefficient (Wildman–Crippen LogP) is 3.97. The summed E-state index contributed by atoms with van der Waals surface area (Å²) >= 11 is 0. The number of β-amino-alcohol motifs (C(OH)–C–C–N with tert-alkyl or cyclic N) is 1. The van der Waals surface area contributed by atoms with Gasteiger partial charge in [0.05, 0.1) is 17.8 Å². The van der Waals surface area contributed by atoms with Crippen molar-refractivity contribution in [3.8, 4) is 5.75 Å². The fraction of sp³-hybridized carbons (Fsp3) is 0.296. The van der Waals surface area contributed by atoms with Gasteiger partial charge >= 0.3 is 0 Å². The van der Waals surface area contributed by atoms with Crippen LogP contribution in [0.2, 0.25) is 0 Å². The Kier molecular flexibility index (Phi) is 6.67. The van der Waals surface area contributed by atoms with Crippen LogP contribution in [0.4, 0.5) is 0 Å². The van der Waals surface area contributed by atoms with E-state index in [0.717, 1.165) is 48.6 Å². The minimum atomic E-state index is -0.557. The molecule has 1 N–H and O–H groups in total. The smallest absolute Gasteiger partial charge is 0.128 e. The zero-order valence-electron chi connectivity index (χ0n) is 18.6. The summed E-state index contributed by atoms with van der Waals surface area (Å²) in [4.78, 5) is 9.12. The molecule has 170 valence electrons. The molecule has 0 amide bonds. The summed E-state index contributed by atoms with van der Waals surface area (Å²) in [5.74, 6) is 1.72. The second-order valence-electron chi connectivity index (χ2n) is 8.46. The number of fused-ring (bicyclic) bond motifs is 1. The first-order valence-corrected chi connectivity index (χ1v) is 11.5. The monoisotopic (exact) mass is 443 g/mol. The third-order valence-corrected chi connectivity index (χ3v) is 6.21. The Morgan fingerprint density at radius 3 is 2.55 bits per heavy atom. The highest BCUT2D eigenvalue weighted by Crippen LogP contribution is 2.30. The number of nitrogens with zero attached hydrogens (tertiary/aromatic N) is 3. The summed E-state index contributed by atoms with van der Waals surface area (Å²) in [6.07, 6.45) is 2.96. The van der Waals surface area contributed by atoms with Crippen molar-refractivity contribution in [2.75, 3.05) is 39.3 Å². The Hall–Kier alpha value is -3.19. The van der Waals surface area contributed by atoms with Crippen molar-refractivity contribution in [2.45, 2.75) is 12.1 Å². The van der Waals surface area contributed by atoms with E-state index >= 15 is 0 Å². The van der Waals surface area contributed by atoms with Gasteiger partial charge in [-0.3, -0.25) is 14.8 Å². The maximum absolute atomic E-state index is 10.6. The molecule has 4 aromatic rings. The number of hydrogen-bond donors (Lipinski definition) is 1. The van der Waals surface area contributed by atoms with Gasteiger partial charge in [0.15, 0.2) is 0 Å². The first-order valence-electron chi connectivity index (χ1n) is 11.5. The zero-order chi connectivity index (χ0) is 22.5. The molecule has 0 saturated carbocycles. The van der Waals surface area contributed by atoms with Crippen molar-refractivity contribution in [2.24, 2.45) is 0 Å². The summed E-state index contributed by atoms with van der Waals surface area (Å²) in [7, 11) is 0. The molecule has 1 aliphatic rings. The van der Waals surface area contributed by atoms with Gasteiger partial charge in [0, 0.05) is 44.3 Å². The fourth-order valence-corrected chi connectivity index (χ4v) is 4.58. The topological polar surface area (TPSA) is 62.0 Å². The van der Waals surface area contributed by atoms with Crippen LogP contribution < -0.4 is 4.74 Å². The van der Waals surface area contributed by atoms with E-state index in [1.165, 1.54) is 5.56 Å². The second kappa shape index (κ2) is 10.2. The first kappa shape index (κ1) is 21.6. The minimum Gasteiger partial charge on any atom is -0.490 e. The normalized spacial score (nSPS) is 17.1. The molecule has 3 heterocycles. The Balaban J connectivity index is 1.16. The fourth-order valence-electron chi connectivity index (χ4n) is 4.58. The Morgan fingerprint density at radius 1 is 0.909 bits per heavy atom. The molecule has 1 saturated heterocycles. The molecule has 2 aromatic heterocycles. The largest absolute Gasteiger partial charge is 0.490 e. The van der Waals surface area contributed by atoms with Gasteiger partial charge in [-0.1, -0.05) is 36.4 Å². The molecule has 33 heavy (non-hydrogen) atoms. The molecule has 6 nitrogen and oxygen atoms in total. The van der Waals surface area contributed by atoms with Crippen LogP contribution in [0.3, 0.4) is 0 Å². The summed E-state index contributed by atoms with van der Waals surface area (Å²) in [6, 6.07) is 24.3. The second-order valence-corrected chi connectivity index (χ2v) is 8.46. The molecule has 0 radical (unpaired) electrons. The van der Waals surface area contributed by atoms with Crippen LogP contribution in [0.15, 0.2) is 89.7 Å². The molecular weight excluding hydrogens is 414 g/mol. The van der Waals surface area contributed by atoms with Crippen LogP contribution in [-0.2, 0) is 0 Å². The van der Waals surface area contributed by atoms with E-state index in [9.17, 15) is 5.11 Å². The quantitative estimate of drug-likeness (QED) is 0.445. The van der Waals surface area contributed by atoms with Crippen molar-refractivity contribution in [3.05, 3.63) is 96.6 Å². The van der Waals surface area contributed by atoms with Gasteiger partial charge in [-0.2, -0.15) is 0 Å². The molecule has 0 spiro atoms. The van der Waals surface area contributed by atoms with Gasteiger partial charge in [0.1, 0.15) is 24.2 Å². The van der Waals surface area contributed by atoms with Gasteiger partial charge in [-0.05, 0) is 42.0 Å². The van der Waals surface area contributed by atoms with Gasteiger partial charge < -0.3 is 14.3 Å². The standard InChI is InChI=1S/C27H29N3O3/c31-22(20-33-25-11-4-10-24-23(25)9-5-13-28-24)19-29-14-16-30(17-15-29)27(26-12-6-18-32-26)21-7-2-1-3-8-21/h1-13,18,22,27,31H,14-17,19-20H2. The molecule has 1 fully saturated rings. The molecular formula is C27H29N3O3. The number of pyridine rings is 1. The average molecular weight is 444 g/mol. The van der Waals surface area contributed by atoms with Crippen molar-refractivity contribution < 1.29 is 14.3 Å². The molecule has 2 aromatic carbocycles. The molecule has 0 bridgehead atoms. The lowest BCUT2D eigenvalue weighted by atomic mass is 10.0. The summed E-state index contributed by atoms with van der Waals surface area (Å²) in [5.41, 5.74) is 2.13. The van der Waals surface area contributed by atoms with Crippen LogP contribution in [0.5, 0.6) is 5.75 Å². The summed E-state index contributed by atoms with van der Waals surface area (Å²) < 4.78 is 11.7. The summed E-state index contributed by atoms with van der Waals surface area (Å²) in [6.45, 7) is 4.44. The maximum atomic E-state index is 10.6. The van der Waals surface area contributed by atoms with Crippen molar-refractivity contribution in [3.63, 3.8) is 0 Å².